The van der Waals surface area contributed by atoms with Gasteiger partial charge in [0.25, 0.3) is 0 Å². The quantitative estimate of drug-likeness (QED) is 0.354. The lowest BCUT2D eigenvalue weighted by molar-refractivity contribution is -0.137. The molecule has 2 aromatic rings. The fraction of sp³-hybridized carbons (Fsp3) is 0.462. The molecule has 1 saturated carbocycles. The van der Waals surface area contributed by atoms with Gasteiger partial charge in [-0.25, -0.2) is 0 Å². The van der Waals surface area contributed by atoms with E-state index in [0.29, 0.717) is 25.7 Å². The van der Waals surface area contributed by atoms with Gasteiger partial charge in [-0.2, -0.15) is 0 Å². The van der Waals surface area contributed by atoms with Gasteiger partial charge in [0.1, 0.15) is 5.78 Å². The van der Waals surface area contributed by atoms with Crippen molar-refractivity contribution in [2.75, 3.05) is 0 Å². The number of carboxylic acid groups (broad SMARTS) is 1. The van der Waals surface area contributed by atoms with Crippen molar-refractivity contribution in [1.29, 1.82) is 0 Å². The number of allylic oxidation sites excluding steroid dienone is 2. The summed E-state index contributed by atoms with van der Waals surface area (Å²) in [4.78, 5) is 24.6. The van der Waals surface area contributed by atoms with Crippen LogP contribution in [-0.2, 0) is 16.0 Å². The van der Waals surface area contributed by atoms with Crippen LogP contribution in [0.25, 0.3) is 10.1 Å². The molecule has 1 aromatic heterocycles. The van der Waals surface area contributed by atoms with Crippen molar-refractivity contribution in [2.24, 2.45) is 17.3 Å². The normalized spacial score (nSPS) is 24.1. The monoisotopic (exact) mass is 456 g/mol. The minimum atomic E-state index is -0.840. The number of ketones is 1. The lowest BCUT2D eigenvalue weighted by atomic mass is 9.86. The van der Waals surface area contributed by atoms with Crippen LogP contribution in [0.2, 0.25) is 0 Å². The summed E-state index contributed by atoms with van der Waals surface area (Å²) in [6, 6.07) is 10.2. The minimum Gasteiger partial charge on any atom is -0.481 e. The first-order chi connectivity index (χ1) is 15.2. The highest BCUT2D eigenvalue weighted by molar-refractivity contribution is 7.19. The highest BCUT2D eigenvalue weighted by Crippen LogP contribution is 2.44. The standard InChI is InChI=1S/C26H32O5S/c1-26(2)24(30)20(10-5-3-4-6-12-23(28)29)21(25(26)31)14-13-18(27)16-19-15-17-9-7-8-11-22(17)32-19/h3,5,7-9,11,13-15,18,20-21,25,27,31H,4,6,10,12,16H2,1-2H3,(H,28,29)/t18?,20-,21-,25+/m1/s1. The Morgan fingerprint density at radius 1 is 1.25 bits per heavy atom. The fourth-order valence-electron chi connectivity index (χ4n) is 4.40. The average molecular weight is 457 g/mol. The molecule has 172 valence electrons. The largest absolute Gasteiger partial charge is 0.481 e. The molecule has 0 spiro atoms. The Morgan fingerprint density at radius 3 is 2.72 bits per heavy atom. The van der Waals surface area contributed by atoms with Gasteiger partial charge in [-0.3, -0.25) is 9.59 Å². The smallest absolute Gasteiger partial charge is 0.303 e. The number of aliphatic hydroxyl groups is 2. The Bertz CT molecular complexity index is 970. The summed E-state index contributed by atoms with van der Waals surface area (Å²) >= 11 is 1.66. The first-order valence-corrected chi connectivity index (χ1v) is 11.9. The van der Waals surface area contributed by atoms with E-state index in [4.69, 9.17) is 5.11 Å². The fourth-order valence-corrected chi connectivity index (χ4v) is 5.52. The number of fused-ring (bicyclic) bond motifs is 1. The summed E-state index contributed by atoms with van der Waals surface area (Å²) in [6.07, 6.45) is 8.14. The number of rotatable bonds is 10. The van der Waals surface area contributed by atoms with E-state index in [1.165, 1.54) is 4.70 Å². The Balaban J connectivity index is 1.64. The van der Waals surface area contributed by atoms with Gasteiger partial charge in [-0.15, -0.1) is 11.3 Å². The highest BCUT2D eigenvalue weighted by atomic mass is 32.1. The minimum absolute atomic E-state index is 0.0221. The van der Waals surface area contributed by atoms with E-state index in [-0.39, 0.29) is 24.0 Å². The van der Waals surface area contributed by atoms with Crippen molar-refractivity contribution in [3.05, 3.63) is 59.5 Å². The Morgan fingerprint density at radius 2 is 2.00 bits per heavy atom. The van der Waals surface area contributed by atoms with Crippen molar-refractivity contribution in [1.82, 2.24) is 0 Å². The molecule has 1 unspecified atom stereocenters. The van der Waals surface area contributed by atoms with E-state index in [9.17, 15) is 19.8 Å². The second kappa shape index (κ2) is 10.6. The van der Waals surface area contributed by atoms with Crippen molar-refractivity contribution in [3.63, 3.8) is 0 Å². The van der Waals surface area contributed by atoms with E-state index >= 15 is 0 Å². The number of unbranched alkanes of at least 4 members (excludes halogenated alkanes) is 1. The number of hydrogen-bond donors (Lipinski definition) is 3. The topological polar surface area (TPSA) is 94.8 Å². The number of carboxylic acids is 1. The molecule has 0 aliphatic heterocycles. The lowest BCUT2D eigenvalue weighted by Crippen LogP contribution is -2.31. The van der Waals surface area contributed by atoms with Crippen LogP contribution in [0.1, 0.15) is 44.4 Å². The van der Waals surface area contributed by atoms with Gasteiger partial charge in [-0.1, -0.05) is 56.4 Å². The number of aliphatic carboxylic acids is 1. The number of hydrogen-bond acceptors (Lipinski definition) is 5. The highest BCUT2D eigenvalue weighted by Gasteiger charge is 2.52. The molecule has 0 bridgehead atoms. The van der Waals surface area contributed by atoms with E-state index in [2.05, 4.69) is 18.2 Å². The Hall–Kier alpha value is -2.28. The first-order valence-electron chi connectivity index (χ1n) is 11.1. The third-order valence-electron chi connectivity index (χ3n) is 6.30. The number of thiophene rings is 1. The molecule has 0 radical (unpaired) electrons. The molecule has 32 heavy (non-hydrogen) atoms. The summed E-state index contributed by atoms with van der Waals surface area (Å²) in [5, 5.41) is 31.3. The van der Waals surface area contributed by atoms with Crippen LogP contribution in [0.5, 0.6) is 0 Å². The van der Waals surface area contributed by atoms with Crippen LogP contribution in [0.3, 0.4) is 0 Å². The summed E-state index contributed by atoms with van der Waals surface area (Å²) in [5.41, 5.74) is -0.840. The molecule has 3 N–H and O–H groups in total. The maximum atomic E-state index is 12.9. The molecule has 1 aliphatic carbocycles. The summed E-state index contributed by atoms with van der Waals surface area (Å²) < 4.78 is 1.19. The Kier molecular flexibility index (Phi) is 8.04. The molecule has 5 nitrogen and oxygen atoms in total. The number of aliphatic hydroxyl groups excluding tert-OH is 2. The van der Waals surface area contributed by atoms with E-state index in [0.717, 1.165) is 10.3 Å². The molecule has 4 atom stereocenters. The molecule has 0 saturated heterocycles. The van der Waals surface area contributed by atoms with Gasteiger partial charge in [-0.05, 0) is 36.8 Å². The van der Waals surface area contributed by atoms with Gasteiger partial charge < -0.3 is 15.3 Å². The first kappa shape index (κ1) is 24.4. The van der Waals surface area contributed by atoms with Crippen LogP contribution >= 0.6 is 11.3 Å². The number of carbonyl (C=O) groups is 2. The number of Topliss-reactive ketones (excluding diaryl/α,β-unsaturated/α-hetero) is 1. The van der Waals surface area contributed by atoms with Gasteiger partial charge in [0.05, 0.1) is 17.6 Å². The molecular weight excluding hydrogens is 424 g/mol. The van der Waals surface area contributed by atoms with Crippen molar-refractivity contribution in [3.8, 4) is 0 Å². The van der Waals surface area contributed by atoms with Crippen molar-refractivity contribution in [2.45, 2.75) is 58.2 Å². The SMILES string of the molecule is CC1(C)C(=O)[C@H](CC=CCCCC(=O)O)[C@@H](C=CC(O)Cc2cc3ccccc3s2)[C@@H]1O. The lowest BCUT2D eigenvalue weighted by Gasteiger charge is -2.22. The maximum absolute atomic E-state index is 12.9. The predicted molar refractivity (Wildman–Crippen MR) is 128 cm³/mol. The summed E-state index contributed by atoms with van der Waals surface area (Å²) in [7, 11) is 0. The molecule has 1 fully saturated rings. The molecule has 1 heterocycles. The van der Waals surface area contributed by atoms with Crippen LogP contribution in [0, 0.1) is 17.3 Å². The van der Waals surface area contributed by atoms with Crippen LogP contribution in [0.15, 0.2) is 54.6 Å². The van der Waals surface area contributed by atoms with Gasteiger partial charge in [0, 0.05) is 34.3 Å². The predicted octanol–water partition coefficient (Wildman–Crippen LogP) is 4.76. The number of benzene rings is 1. The van der Waals surface area contributed by atoms with Crippen LogP contribution in [0.4, 0.5) is 0 Å². The second-order valence-corrected chi connectivity index (χ2v) is 10.3. The summed E-state index contributed by atoms with van der Waals surface area (Å²) in [5.74, 6) is -1.51. The zero-order chi connectivity index (χ0) is 23.3. The summed E-state index contributed by atoms with van der Waals surface area (Å²) in [6.45, 7) is 3.54. The van der Waals surface area contributed by atoms with E-state index in [1.807, 2.05) is 24.3 Å². The van der Waals surface area contributed by atoms with Crippen LogP contribution in [-0.4, -0.2) is 39.3 Å². The number of carbonyl (C=O) groups excluding carboxylic acids is 1. The van der Waals surface area contributed by atoms with E-state index in [1.54, 1.807) is 37.3 Å². The average Bonchev–Trinajstić information content (AvgIpc) is 3.21. The Labute approximate surface area is 193 Å². The van der Waals surface area contributed by atoms with E-state index < -0.39 is 23.6 Å². The third-order valence-corrected chi connectivity index (χ3v) is 7.44. The van der Waals surface area contributed by atoms with Crippen molar-refractivity contribution < 1.29 is 24.9 Å². The third kappa shape index (κ3) is 5.74. The molecule has 1 aromatic carbocycles. The molecule has 0 amide bonds. The van der Waals surface area contributed by atoms with Crippen molar-refractivity contribution >= 4 is 33.2 Å². The molecular formula is C26H32O5S. The maximum Gasteiger partial charge on any atom is 0.303 e. The van der Waals surface area contributed by atoms with Gasteiger partial charge in [0.15, 0.2) is 0 Å². The molecule has 6 heteroatoms. The zero-order valence-corrected chi connectivity index (χ0v) is 19.4. The van der Waals surface area contributed by atoms with Gasteiger partial charge >= 0.3 is 5.97 Å². The van der Waals surface area contributed by atoms with Crippen LogP contribution < -0.4 is 0 Å². The molecule has 1 aliphatic rings. The zero-order valence-electron chi connectivity index (χ0n) is 18.6. The molecule has 3 rings (SSSR count). The van der Waals surface area contributed by atoms with Gasteiger partial charge in [0.2, 0.25) is 0 Å². The second-order valence-electron chi connectivity index (χ2n) is 9.11.